The van der Waals surface area contributed by atoms with Crippen molar-refractivity contribution in [3.8, 4) is 0 Å². The summed E-state index contributed by atoms with van der Waals surface area (Å²) in [5.41, 5.74) is -0.301. The predicted octanol–water partition coefficient (Wildman–Crippen LogP) is 0.801. The highest BCUT2D eigenvalue weighted by molar-refractivity contribution is 5.97. The minimum Gasteiger partial charge on any atom is -0.385 e. The van der Waals surface area contributed by atoms with Crippen LogP contribution in [0, 0.1) is 5.41 Å². The van der Waals surface area contributed by atoms with Gasteiger partial charge in [-0.15, -0.1) is 0 Å². The van der Waals surface area contributed by atoms with Crippen LogP contribution in [0.4, 0.5) is 0 Å². The number of amides is 2. The molecule has 1 saturated heterocycles. The molecule has 21 heavy (non-hydrogen) atoms. The van der Waals surface area contributed by atoms with Gasteiger partial charge in [-0.05, 0) is 18.8 Å². The van der Waals surface area contributed by atoms with Gasteiger partial charge in [-0.3, -0.25) is 9.59 Å². The van der Waals surface area contributed by atoms with Crippen molar-refractivity contribution in [3.05, 3.63) is 0 Å². The van der Waals surface area contributed by atoms with Crippen molar-refractivity contribution in [1.82, 2.24) is 10.2 Å². The molecule has 0 saturated carbocycles. The fourth-order valence-electron chi connectivity index (χ4n) is 2.28. The second-order valence-electron chi connectivity index (χ2n) is 6.47. The van der Waals surface area contributed by atoms with Gasteiger partial charge in [-0.2, -0.15) is 0 Å². The summed E-state index contributed by atoms with van der Waals surface area (Å²) in [7, 11) is 1.65. The number of nitrogens with zero attached hydrogens (tertiary/aromatic N) is 1. The normalized spacial score (nSPS) is 23.4. The van der Waals surface area contributed by atoms with Crippen LogP contribution in [0.3, 0.4) is 0 Å². The quantitative estimate of drug-likeness (QED) is 0.706. The first-order valence-corrected chi connectivity index (χ1v) is 7.46. The molecular weight excluding hydrogens is 272 g/mol. The molecule has 0 radical (unpaired) electrons. The zero-order valence-corrected chi connectivity index (χ0v) is 13.8. The minimum atomic E-state index is -0.477. The molecule has 0 spiro atoms. The van der Waals surface area contributed by atoms with E-state index in [1.165, 1.54) is 0 Å². The first kappa shape index (κ1) is 17.9. The molecule has 0 bridgehead atoms. The maximum atomic E-state index is 12.5. The van der Waals surface area contributed by atoms with Gasteiger partial charge in [0.15, 0.2) is 0 Å². The molecule has 1 fully saturated rings. The van der Waals surface area contributed by atoms with E-state index in [4.69, 9.17) is 9.47 Å². The Morgan fingerprint density at radius 3 is 2.43 bits per heavy atom. The Kier molecular flexibility index (Phi) is 6.61. The lowest BCUT2D eigenvalue weighted by atomic mass is 9.84. The highest BCUT2D eigenvalue weighted by atomic mass is 16.5. The van der Waals surface area contributed by atoms with Gasteiger partial charge in [0.1, 0.15) is 12.1 Å². The van der Waals surface area contributed by atoms with Gasteiger partial charge in [0.2, 0.25) is 11.8 Å². The molecule has 2 amide bonds. The molecule has 1 N–H and O–H groups in total. The third-order valence-electron chi connectivity index (χ3n) is 3.64. The van der Waals surface area contributed by atoms with Gasteiger partial charge in [-0.25, -0.2) is 0 Å². The first-order chi connectivity index (χ1) is 9.79. The average molecular weight is 300 g/mol. The summed E-state index contributed by atoms with van der Waals surface area (Å²) < 4.78 is 10.4. The van der Waals surface area contributed by atoms with E-state index in [0.717, 1.165) is 6.42 Å². The Balaban J connectivity index is 2.53. The van der Waals surface area contributed by atoms with Crippen molar-refractivity contribution in [3.63, 3.8) is 0 Å². The van der Waals surface area contributed by atoms with Crippen LogP contribution in [-0.4, -0.2) is 62.3 Å². The topological polar surface area (TPSA) is 67.9 Å². The molecule has 1 heterocycles. The van der Waals surface area contributed by atoms with Crippen molar-refractivity contribution in [1.29, 1.82) is 0 Å². The number of carbonyl (C=O) groups is 2. The first-order valence-electron chi connectivity index (χ1n) is 7.46. The predicted molar refractivity (Wildman–Crippen MR) is 79.9 cm³/mol. The smallest absolute Gasteiger partial charge is 0.246 e. The van der Waals surface area contributed by atoms with Crippen molar-refractivity contribution in [2.24, 2.45) is 5.41 Å². The Morgan fingerprint density at radius 1 is 1.19 bits per heavy atom. The second kappa shape index (κ2) is 7.75. The molecule has 0 aliphatic carbocycles. The molecular formula is C15H28N2O4. The number of methoxy groups -OCH3 is 1. The molecule has 0 aromatic carbocycles. The highest BCUT2D eigenvalue weighted by Crippen LogP contribution is 2.24. The molecule has 0 aromatic heterocycles. The summed E-state index contributed by atoms with van der Waals surface area (Å²) in [4.78, 5) is 26.2. The zero-order chi connectivity index (χ0) is 16.0. The molecule has 1 rings (SSSR count). The van der Waals surface area contributed by atoms with Crippen molar-refractivity contribution in [2.75, 3.05) is 33.5 Å². The molecule has 6 heteroatoms. The maximum Gasteiger partial charge on any atom is 0.246 e. The third-order valence-corrected chi connectivity index (χ3v) is 3.64. The van der Waals surface area contributed by atoms with Gasteiger partial charge >= 0.3 is 0 Å². The van der Waals surface area contributed by atoms with Crippen LogP contribution < -0.4 is 5.32 Å². The third kappa shape index (κ3) is 4.97. The van der Waals surface area contributed by atoms with Crippen molar-refractivity contribution in [2.45, 2.75) is 46.2 Å². The molecule has 2 atom stereocenters. The van der Waals surface area contributed by atoms with Crippen LogP contribution >= 0.6 is 0 Å². The summed E-state index contributed by atoms with van der Waals surface area (Å²) >= 11 is 0. The Morgan fingerprint density at radius 2 is 1.86 bits per heavy atom. The number of ether oxygens (including phenoxy) is 2. The Bertz CT molecular complexity index is 365. The standard InChI is InChI=1S/C15H28N2O4/c1-11-13(18)16-12(15(2,3)4)14(19)17(11)7-10-21-9-6-8-20-5/h11-12H,6-10H2,1-5H3,(H,16,18). The lowest BCUT2D eigenvalue weighted by molar-refractivity contribution is -0.152. The zero-order valence-electron chi connectivity index (χ0n) is 13.8. The number of hydrogen-bond acceptors (Lipinski definition) is 4. The van der Waals surface area contributed by atoms with Crippen LogP contribution in [0.2, 0.25) is 0 Å². The minimum absolute atomic E-state index is 0.0323. The van der Waals surface area contributed by atoms with Crippen molar-refractivity contribution >= 4 is 11.8 Å². The summed E-state index contributed by atoms with van der Waals surface area (Å²) in [6, 6.07) is -0.923. The molecule has 0 aromatic rings. The van der Waals surface area contributed by atoms with Crippen LogP contribution in [0.1, 0.15) is 34.1 Å². The van der Waals surface area contributed by atoms with E-state index >= 15 is 0 Å². The fraction of sp³-hybridized carbons (Fsp3) is 0.867. The number of piperazine rings is 1. The Labute approximate surface area is 127 Å². The largest absolute Gasteiger partial charge is 0.385 e. The lowest BCUT2D eigenvalue weighted by Gasteiger charge is -2.42. The van der Waals surface area contributed by atoms with Crippen LogP contribution in [0.15, 0.2) is 0 Å². The fourth-order valence-corrected chi connectivity index (χ4v) is 2.28. The summed E-state index contributed by atoms with van der Waals surface area (Å²) in [6.45, 7) is 9.72. The van der Waals surface area contributed by atoms with E-state index in [1.54, 1.807) is 18.9 Å². The number of nitrogens with one attached hydrogen (secondary N) is 1. The average Bonchev–Trinajstić information content (AvgIpc) is 2.40. The van der Waals surface area contributed by atoms with E-state index in [9.17, 15) is 9.59 Å². The molecule has 2 unspecified atom stereocenters. The lowest BCUT2D eigenvalue weighted by Crippen LogP contribution is -2.66. The van der Waals surface area contributed by atoms with E-state index < -0.39 is 12.1 Å². The monoisotopic (exact) mass is 300 g/mol. The summed E-state index contributed by atoms with van der Waals surface area (Å²) in [5.74, 6) is -0.135. The molecule has 122 valence electrons. The SMILES string of the molecule is COCCCOCCN1C(=O)C(C(C)(C)C)NC(=O)C1C. The number of rotatable bonds is 7. The van der Waals surface area contributed by atoms with E-state index in [1.807, 2.05) is 20.8 Å². The van der Waals surface area contributed by atoms with Gasteiger partial charge in [0.25, 0.3) is 0 Å². The summed E-state index contributed by atoms with van der Waals surface area (Å²) in [5, 5.41) is 2.82. The Hall–Kier alpha value is -1.14. The number of hydrogen-bond donors (Lipinski definition) is 1. The molecule has 6 nitrogen and oxygen atoms in total. The van der Waals surface area contributed by atoms with Crippen LogP contribution in [-0.2, 0) is 19.1 Å². The van der Waals surface area contributed by atoms with Gasteiger partial charge in [0, 0.05) is 26.9 Å². The van der Waals surface area contributed by atoms with E-state index in [2.05, 4.69) is 5.32 Å². The number of carbonyl (C=O) groups excluding carboxylic acids is 2. The second-order valence-corrected chi connectivity index (χ2v) is 6.47. The molecule has 1 aliphatic rings. The van der Waals surface area contributed by atoms with Gasteiger partial charge in [-0.1, -0.05) is 20.8 Å². The van der Waals surface area contributed by atoms with Crippen molar-refractivity contribution < 1.29 is 19.1 Å². The highest BCUT2D eigenvalue weighted by Gasteiger charge is 2.43. The summed E-state index contributed by atoms with van der Waals surface area (Å²) in [6.07, 6.45) is 0.825. The van der Waals surface area contributed by atoms with Crippen LogP contribution in [0.5, 0.6) is 0 Å². The van der Waals surface area contributed by atoms with Gasteiger partial charge < -0.3 is 19.7 Å². The van der Waals surface area contributed by atoms with E-state index in [-0.39, 0.29) is 17.2 Å². The van der Waals surface area contributed by atoms with Crippen LogP contribution in [0.25, 0.3) is 0 Å². The molecule has 1 aliphatic heterocycles. The van der Waals surface area contributed by atoms with E-state index in [0.29, 0.717) is 26.4 Å². The maximum absolute atomic E-state index is 12.5. The van der Waals surface area contributed by atoms with Gasteiger partial charge in [0.05, 0.1) is 6.61 Å².